The largest absolute Gasteiger partial charge is 0.337 e. The molecule has 0 aliphatic carbocycles. The van der Waals surface area contributed by atoms with Crippen molar-refractivity contribution in [3.05, 3.63) is 66.0 Å². The highest BCUT2D eigenvalue weighted by atomic mass is 16.2. The fraction of sp³-hybridized carbons (Fsp3) is 0.286. The third-order valence-corrected chi connectivity index (χ3v) is 5.17. The summed E-state index contributed by atoms with van der Waals surface area (Å²) in [7, 11) is 0. The van der Waals surface area contributed by atoms with Crippen LogP contribution in [0, 0.1) is 6.92 Å². The minimum atomic E-state index is -0.180. The van der Waals surface area contributed by atoms with Crippen molar-refractivity contribution in [3.63, 3.8) is 0 Å². The number of urea groups is 1. The zero-order chi connectivity index (χ0) is 20.9. The maximum atomic E-state index is 12.9. The van der Waals surface area contributed by atoms with Gasteiger partial charge in [0, 0.05) is 37.4 Å². The number of nitrogens with one attached hydrogen (secondary N) is 1. The molecule has 0 radical (unpaired) electrons. The number of aryl methyl sites for hydroxylation is 1. The minimum absolute atomic E-state index is 0.00263. The summed E-state index contributed by atoms with van der Waals surface area (Å²) in [5, 5.41) is 14.2. The molecule has 9 heteroatoms. The van der Waals surface area contributed by atoms with E-state index in [1.807, 2.05) is 60.4 Å². The van der Waals surface area contributed by atoms with Gasteiger partial charge in [0.15, 0.2) is 0 Å². The van der Waals surface area contributed by atoms with Gasteiger partial charge in [0.25, 0.3) is 5.91 Å². The fourth-order valence-corrected chi connectivity index (χ4v) is 3.45. The molecule has 1 aromatic heterocycles. The number of nitrogens with zero attached hydrogens (tertiary/aromatic N) is 6. The fourth-order valence-electron chi connectivity index (χ4n) is 3.45. The first-order valence-corrected chi connectivity index (χ1v) is 9.86. The van der Waals surface area contributed by atoms with E-state index in [1.54, 1.807) is 4.90 Å². The molecule has 1 fully saturated rings. The van der Waals surface area contributed by atoms with E-state index < -0.39 is 0 Å². The molecule has 4 rings (SSSR count). The van der Waals surface area contributed by atoms with Gasteiger partial charge in [0.05, 0.1) is 5.69 Å². The van der Waals surface area contributed by atoms with Crippen LogP contribution >= 0.6 is 0 Å². The van der Waals surface area contributed by atoms with Crippen molar-refractivity contribution in [3.8, 4) is 5.69 Å². The van der Waals surface area contributed by atoms with Crippen LogP contribution in [0.25, 0.3) is 5.69 Å². The van der Waals surface area contributed by atoms with Gasteiger partial charge in [-0.25, -0.2) is 9.48 Å². The monoisotopic (exact) mass is 405 g/mol. The van der Waals surface area contributed by atoms with E-state index in [4.69, 9.17) is 0 Å². The van der Waals surface area contributed by atoms with Crippen LogP contribution in [-0.4, -0.2) is 68.1 Å². The van der Waals surface area contributed by atoms with Crippen molar-refractivity contribution in [2.45, 2.75) is 13.3 Å². The first-order valence-electron chi connectivity index (χ1n) is 9.86. The minimum Gasteiger partial charge on any atom is -0.337 e. The Bertz CT molecular complexity index is 1020. The highest BCUT2D eigenvalue weighted by molar-refractivity contribution is 5.94. The number of amides is 3. The maximum absolute atomic E-state index is 12.9. The average molecular weight is 405 g/mol. The number of carbonyl (C=O) groups excluding carboxylic acids is 2. The molecule has 2 aromatic carbocycles. The Morgan fingerprint density at radius 1 is 0.967 bits per heavy atom. The van der Waals surface area contributed by atoms with Crippen LogP contribution in [0.1, 0.15) is 22.3 Å². The van der Waals surface area contributed by atoms with Crippen molar-refractivity contribution >= 4 is 17.6 Å². The third-order valence-electron chi connectivity index (χ3n) is 5.17. The summed E-state index contributed by atoms with van der Waals surface area (Å²) in [4.78, 5) is 29.1. The Morgan fingerprint density at radius 3 is 2.50 bits per heavy atom. The molecule has 3 aromatic rings. The van der Waals surface area contributed by atoms with Crippen LogP contribution in [-0.2, 0) is 0 Å². The van der Waals surface area contributed by atoms with Crippen LogP contribution in [0.5, 0.6) is 0 Å². The van der Waals surface area contributed by atoms with Crippen molar-refractivity contribution in [1.29, 1.82) is 0 Å². The summed E-state index contributed by atoms with van der Waals surface area (Å²) in [6.07, 6.45) is 2.24. The van der Waals surface area contributed by atoms with Crippen molar-refractivity contribution in [2.24, 2.45) is 0 Å². The van der Waals surface area contributed by atoms with Crippen LogP contribution in [0.15, 0.2) is 54.9 Å². The summed E-state index contributed by atoms with van der Waals surface area (Å²) >= 11 is 0. The van der Waals surface area contributed by atoms with E-state index in [2.05, 4.69) is 20.8 Å². The molecule has 154 valence electrons. The van der Waals surface area contributed by atoms with Gasteiger partial charge in [0.2, 0.25) is 0 Å². The standard InChI is InChI=1S/C21H23N7O2/c1-16-8-9-18(28-15-22-24-25-28)14-19(16)23-21(30)27-11-5-10-26(12-13-27)20(29)17-6-3-2-4-7-17/h2-4,6-9,14-15H,5,10-13H2,1H3,(H,23,30). The second-order valence-corrected chi connectivity index (χ2v) is 7.18. The van der Waals surface area contributed by atoms with E-state index in [1.165, 1.54) is 11.0 Å². The lowest BCUT2D eigenvalue weighted by molar-refractivity contribution is 0.0762. The van der Waals surface area contributed by atoms with Crippen molar-refractivity contribution < 1.29 is 9.59 Å². The summed E-state index contributed by atoms with van der Waals surface area (Å²) in [6, 6.07) is 14.7. The van der Waals surface area contributed by atoms with Gasteiger partial charge in [0.1, 0.15) is 6.33 Å². The van der Waals surface area contributed by atoms with Gasteiger partial charge >= 0.3 is 6.03 Å². The molecule has 0 spiro atoms. The summed E-state index contributed by atoms with van der Waals surface area (Å²) in [5.74, 6) is 0.00263. The van der Waals surface area contributed by atoms with Gasteiger partial charge < -0.3 is 15.1 Å². The predicted octanol–water partition coefficient (Wildman–Crippen LogP) is 2.35. The molecule has 2 heterocycles. The quantitative estimate of drug-likeness (QED) is 0.722. The van der Waals surface area contributed by atoms with Crippen molar-refractivity contribution in [1.82, 2.24) is 30.0 Å². The van der Waals surface area contributed by atoms with E-state index in [-0.39, 0.29) is 11.9 Å². The molecule has 0 atom stereocenters. The normalized spacial score (nSPS) is 14.3. The molecule has 30 heavy (non-hydrogen) atoms. The van der Waals surface area contributed by atoms with Crippen molar-refractivity contribution in [2.75, 3.05) is 31.5 Å². The van der Waals surface area contributed by atoms with Gasteiger partial charge in [-0.1, -0.05) is 24.3 Å². The number of carbonyl (C=O) groups is 2. The van der Waals surface area contributed by atoms with E-state index >= 15 is 0 Å². The number of benzene rings is 2. The number of hydrogen-bond donors (Lipinski definition) is 1. The van der Waals surface area contributed by atoms with Gasteiger partial charge in [-0.2, -0.15) is 0 Å². The Balaban J connectivity index is 1.41. The van der Waals surface area contributed by atoms with Crippen LogP contribution < -0.4 is 5.32 Å². The highest BCUT2D eigenvalue weighted by Crippen LogP contribution is 2.20. The molecule has 9 nitrogen and oxygen atoms in total. The number of hydrogen-bond acceptors (Lipinski definition) is 5. The SMILES string of the molecule is Cc1ccc(-n2cnnn2)cc1NC(=O)N1CCCN(C(=O)c2ccccc2)CC1. The lowest BCUT2D eigenvalue weighted by atomic mass is 10.2. The van der Waals surface area contributed by atoms with E-state index in [0.29, 0.717) is 37.4 Å². The number of rotatable bonds is 3. The average Bonchev–Trinajstić information content (AvgIpc) is 3.19. The first-order chi connectivity index (χ1) is 14.6. The molecule has 0 saturated carbocycles. The van der Waals surface area contributed by atoms with Gasteiger partial charge in [-0.05, 0) is 53.6 Å². The Kier molecular flexibility index (Phi) is 5.69. The van der Waals surface area contributed by atoms with E-state index in [0.717, 1.165) is 17.7 Å². The van der Waals surface area contributed by atoms with Crippen LogP contribution in [0.2, 0.25) is 0 Å². The Morgan fingerprint density at radius 2 is 1.73 bits per heavy atom. The molecule has 0 bridgehead atoms. The summed E-state index contributed by atoms with van der Waals surface area (Å²) in [6.45, 7) is 4.14. The predicted molar refractivity (Wildman–Crippen MR) is 111 cm³/mol. The number of anilines is 1. The lowest BCUT2D eigenvalue weighted by Crippen LogP contribution is -2.39. The van der Waals surface area contributed by atoms with E-state index in [9.17, 15) is 9.59 Å². The third kappa shape index (κ3) is 4.29. The van der Waals surface area contributed by atoms with Crippen LogP contribution in [0.4, 0.5) is 10.5 Å². The second-order valence-electron chi connectivity index (χ2n) is 7.18. The molecule has 0 unspecified atom stereocenters. The number of aromatic nitrogens is 4. The molecular formula is C21H23N7O2. The molecular weight excluding hydrogens is 382 g/mol. The van der Waals surface area contributed by atoms with Crippen LogP contribution in [0.3, 0.4) is 0 Å². The lowest BCUT2D eigenvalue weighted by Gasteiger charge is -2.23. The van der Waals surface area contributed by atoms with Gasteiger partial charge in [-0.3, -0.25) is 4.79 Å². The number of tetrazole rings is 1. The molecule has 1 saturated heterocycles. The Labute approximate surface area is 174 Å². The zero-order valence-electron chi connectivity index (χ0n) is 16.7. The smallest absolute Gasteiger partial charge is 0.321 e. The molecule has 1 aliphatic heterocycles. The van der Waals surface area contributed by atoms with Gasteiger partial charge in [-0.15, -0.1) is 5.10 Å². The summed E-state index contributed by atoms with van der Waals surface area (Å²) < 4.78 is 1.54. The topological polar surface area (TPSA) is 96.2 Å². The molecule has 1 N–H and O–H groups in total. The molecule has 3 amide bonds. The Hall–Kier alpha value is -3.75. The first kappa shape index (κ1) is 19.6. The molecule has 1 aliphatic rings. The summed E-state index contributed by atoms with van der Waals surface area (Å²) in [5.41, 5.74) is 3.08. The zero-order valence-corrected chi connectivity index (χ0v) is 16.7. The highest BCUT2D eigenvalue weighted by Gasteiger charge is 2.23. The maximum Gasteiger partial charge on any atom is 0.321 e. The second kappa shape index (κ2) is 8.73.